The van der Waals surface area contributed by atoms with Crippen molar-refractivity contribution in [2.45, 2.75) is 44.1 Å². The van der Waals surface area contributed by atoms with Gasteiger partial charge in [-0.1, -0.05) is 0 Å². The fourth-order valence-electron chi connectivity index (χ4n) is 4.90. The van der Waals surface area contributed by atoms with Gasteiger partial charge in [-0.25, -0.2) is 0 Å². The van der Waals surface area contributed by atoms with Crippen LogP contribution in [0.5, 0.6) is 0 Å². The molecule has 2 nitrogen and oxygen atoms in total. The molecule has 0 bridgehead atoms. The Morgan fingerprint density at radius 1 is 1.27 bits per heavy atom. The van der Waals surface area contributed by atoms with E-state index in [0.717, 1.165) is 5.92 Å². The maximum atomic E-state index is 9.31. The number of nitriles is 1. The van der Waals surface area contributed by atoms with E-state index in [1.54, 1.807) is 0 Å². The summed E-state index contributed by atoms with van der Waals surface area (Å²) in [6.07, 6.45) is 8.05. The molecule has 0 spiro atoms. The minimum atomic E-state index is 0.369. The molecule has 0 radical (unpaired) electrons. The van der Waals surface area contributed by atoms with Crippen LogP contribution < -0.4 is 0 Å². The van der Waals surface area contributed by atoms with Crippen molar-refractivity contribution >= 4 is 0 Å². The third kappa shape index (κ3) is 0.979. The third-order valence-corrected chi connectivity index (χ3v) is 5.67. The summed E-state index contributed by atoms with van der Waals surface area (Å²) in [5, 5.41) is 9.31. The average Bonchev–Trinajstić information content (AvgIpc) is 2.75. The Hall–Kier alpha value is -0.550. The fourth-order valence-corrected chi connectivity index (χ4v) is 4.90. The molecule has 0 aromatic rings. The summed E-state index contributed by atoms with van der Waals surface area (Å²) < 4.78 is 1.23. The summed E-state index contributed by atoms with van der Waals surface area (Å²) in [4.78, 5) is 0. The number of hydrogen-bond acceptors (Lipinski definition) is 1. The zero-order chi connectivity index (χ0) is 10.5. The molecule has 0 N–H and O–H groups in total. The minimum Gasteiger partial charge on any atom is -0.320 e. The van der Waals surface area contributed by atoms with Crippen molar-refractivity contribution in [2.24, 2.45) is 11.8 Å². The number of fused-ring (bicyclic) bond motifs is 1. The topological polar surface area (TPSA) is 23.8 Å². The van der Waals surface area contributed by atoms with Crippen molar-refractivity contribution in [3.63, 3.8) is 0 Å². The van der Waals surface area contributed by atoms with Gasteiger partial charge in [0.25, 0.3) is 0 Å². The van der Waals surface area contributed by atoms with E-state index in [1.807, 2.05) is 0 Å². The van der Waals surface area contributed by atoms with Gasteiger partial charge in [0.1, 0.15) is 11.5 Å². The number of nitrogens with zero attached hydrogens (tertiary/aromatic N) is 2. The van der Waals surface area contributed by atoms with Crippen LogP contribution in [0.2, 0.25) is 0 Å². The van der Waals surface area contributed by atoms with E-state index >= 15 is 0 Å². The molecule has 2 heteroatoms. The number of quaternary nitrogens is 1. The fraction of sp³-hybridized carbons (Fsp3) is 0.923. The second kappa shape index (κ2) is 2.98. The van der Waals surface area contributed by atoms with E-state index < -0.39 is 0 Å². The Balaban J connectivity index is 1.96. The molecular formula is C13H21N2+. The molecule has 1 aliphatic heterocycles. The molecule has 0 amide bonds. The van der Waals surface area contributed by atoms with Gasteiger partial charge in [-0.15, -0.1) is 0 Å². The maximum absolute atomic E-state index is 9.31. The molecular weight excluding hydrogens is 184 g/mol. The first-order chi connectivity index (χ1) is 7.23. The van der Waals surface area contributed by atoms with Crippen LogP contribution in [0.1, 0.15) is 38.5 Å². The highest BCUT2D eigenvalue weighted by Gasteiger charge is 2.68. The van der Waals surface area contributed by atoms with Crippen molar-refractivity contribution in [1.29, 1.82) is 5.26 Å². The van der Waals surface area contributed by atoms with Crippen LogP contribution in [0.15, 0.2) is 0 Å². The monoisotopic (exact) mass is 205 g/mol. The first-order valence-electron chi connectivity index (χ1n) is 6.47. The van der Waals surface area contributed by atoms with E-state index in [4.69, 9.17) is 0 Å². The van der Waals surface area contributed by atoms with Gasteiger partial charge in [-0.05, 0) is 19.3 Å². The molecule has 0 aromatic carbocycles. The first kappa shape index (κ1) is 9.66. The van der Waals surface area contributed by atoms with Crippen LogP contribution in [0.25, 0.3) is 0 Å². The normalized spacial score (nSPS) is 46.9. The first-order valence-corrected chi connectivity index (χ1v) is 6.47. The van der Waals surface area contributed by atoms with Crippen molar-refractivity contribution in [2.75, 3.05) is 20.1 Å². The molecule has 2 saturated carbocycles. The Kier molecular flexibility index (Phi) is 1.92. The van der Waals surface area contributed by atoms with Gasteiger partial charge in [-0.2, -0.15) is 5.26 Å². The molecule has 3 unspecified atom stereocenters. The van der Waals surface area contributed by atoms with E-state index in [-0.39, 0.29) is 0 Å². The van der Waals surface area contributed by atoms with Crippen LogP contribution in [0.4, 0.5) is 0 Å². The lowest BCUT2D eigenvalue weighted by Gasteiger charge is -2.59. The maximum Gasteiger partial charge on any atom is 0.118 e. The highest BCUT2D eigenvalue weighted by molar-refractivity contribution is 5.16. The van der Waals surface area contributed by atoms with Crippen molar-refractivity contribution in [3.05, 3.63) is 0 Å². The molecule has 15 heavy (non-hydrogen) atoms. The van der Waals surface area contributed by atoms with E-state index in [2.05, 4.69) is 13.1 Å². The van der Waals surface area contributed by atoms with Crippen molar-refractivity contribution in [1.82, 2.24) is 0 Å². The zero-order valence-electron chi connectivity index (χ0n) is 9.71. The molecule has 0 aromatic heterocycles. The van der Waals surface area contributed by atoms with Gasteiger partial charge in [0.05, 0.1) is 26.2 Å². The molecule has 3 aliphatic rings. The summed E-state index contributed by atoms with van der Waals surface area (Å²) >= 11 is 0. The molecule has 3 atom stereocenters. The van der Waals surface area contributed by atoms with Crippen LogP contribution in [0, 0.1) is 23.2 Å². The van der Waals surface area contributed by atoms with Crippen molar-refractivity contribution in [3.8, 4) is 6.07 Å². The van der Waals surface area contributed by atoms with E-state index in [0.29, 0.717) is 11.5 Å². The largest absolute Gasteiger partial charge is 0.320 e. The van der Waals surface area contributed by atoms with E-state index in [9.17, 15) is 5.26 Å². The average molecular weight is 205 g/mol. The van der Waals surface area contributed by atoms with Gasteiger partial charge >= 0.3 is 0 Å². The zero-order valence-corrected chi connectivity index (χ0v) is 9.71. The SMILES string of the molecule is C[N+]1(C23CCCC2CC3C#N)CCCC1. The molecule has 3 fully saturated rings. The lowest BCUT2D eigenvalue weighted by molar-refractivity contribution is -0.962. The Morgan fingerprint density at radius 3 is 2.60 bits per heavy atom. The van der Waals surface area contributed by atoms with Gasteiger partial charge in [0.15, 0.2) is 0 Å². The summed E-state index contributed by atoms with van der Waals surface area (Å²) in [5.74, 6) is 1.25. The van der Waals surface area contributed by atoms with Gasteiger partial charge in [0.2, 0.25) is 0 Å². The predicted octanol–water partition coefficient (Wildman–Crippen LogP) is 2.31. The summed E-state index contributed by atoms with van der Waals surface area (Å²) in [6, 6.07) is 2.60. The van der Waals surface area contributed by atoms with Crippen LogP contribution >= 0.6 is 0 Å². The lowest BCUT2D eigenvalue weighted by Crippen LogP contribution is -2.71. The molecule has 3 rings (SSSR count). The second-order valence-electron chi connectivity index (χ2n) is 6.05. The predicted molar refractivity (Wildman–Crippen MR) is 58.9 cm³/mol. The van der Waals surface area contributed by atoms with Gasteiger partial charge < -0.3 is 4.48 Å². The highest BCUT2D eigenvalue weighted by atomic mass is 15.4. The third-order valence-electron chi connectivity index (χ3n) is 5.67. The Bertz CT molecular complexity index is 311. The van der Waals surface area contributed by atoms with Crippen molar-refractivity contribution < 1.29 is 4.48 Å². The second-order valence-corrected chi connectivity index (χ2v) is 6.05. The molecule has 82 valence electrons. The molecule has 2 aliphatic carbocycles. The molecule has 1 heterocycles. The number of hydrogen-bond donors (Lipinski definition) is 0. The lowest BCUT2D eigenvalue weighted by atomic mass is 9.58. The molecule has 1 saturated heterocycles. The minimum absolute atomic E-state index is 0.369. The van der Waals surface area contributed by atoms with Gasteiger partial charge in [-0.3, -0.25) is 0 Å². The summed E-state index contributed by atoms with van der Waals surface area (Å²) in [5.41, 5.74) is 0.394. The summed E-state index contributed by atoms with van der Waals surface area (Å²) in [7, 11) is 2.43. The standard InChI is InChI=1S/C13H21N2/c1-15(7-2-3-8-15)13-6-4-5-11(13)9-12(13)10-14/h11-12H,2-9H2,1H3/q+1. The smallest absolute Gasteiger partial charge is 0.118 e. The Labute approximate surface area is 92.5 Å². The van der Waals surface area contributed by atoms with E-state index in [1.165, 1.54) is 56.1 Å². The van der Waals surface area contributed by atoms with Crippen LogP contribution in [-0.2, 0) is 0 Å². The van der Waals surface area contributed by atoms with Gasteiger partial charge in [0, 0.05) is 25.2 Å². The Morgan fingerprint density at radius 2 is 2.00 bits per heavy atom. The quantitative estimate of drug-likeness (QED) is 0.603. The number of rotatable bonds is 1. The van der Waals surface area contributed by atoms with Crippen LogP contribution in [-0.4, -0.2) is 30.2 Å². The summed E-state index contributed by atoms with van der Waals surface area (Å²) in [6.45, 7) is 2.66. The van der Waals surface area contributed by atoms with Crippen LogP contribution in [0.3, 0.4) is 0 Å². The highest BCUT2D eigenvalue weighted by Crippen LogP contribution is 2.60. The number of likely N-dealkylation sites (tertiary alicyclic amines) is 1.